The first-order valence-corrected chi connectivity index (χ1v) is 30.0. The topological polar surface area (TPSA) is 116 Å². The maximum Gasteiger partial charge on any atom is 0.301 e. The Labute approximate surface area is 378 Å². The Morgan fingerprint density at radius 3 is 2.19 bits per heavy atom. The molecule has 12 nitrogen and oxygen atoms in total. The van der Waals surface area contributed by atoms with Gasteiger partial charge in [-0.2, -0.15) is 4.98 Å². The van der Waals surface area contributed by atoms with E-state index in [1.807, 2.05) is 94.4 Å². The molecule has 3 aromatic carbocycles. The van der Waals surface area contributed by atoms with Crippen LogP contribution in [0.4, 0.5) is 0 Å². The van der Waals surface area contributed by atoms with Gasteiger partial charge in [0, 0.05) is 65.6 Å². The predicted molar refractivity (Wildman–Crippen MR) is 251 cm³/mol. The Hall–Kier alpha value is -3.97. The van der Waals surface area contributed by atoms with E-state index in [2.05, 4.69) is 39.3 Å². The van der Waals surface area contributed by atoms with Crippen molar-refractivity contribution in [2.24, 2.45) is 0 Å². The van der Waals surface area contributed by atoms with Crippen LogP contribution in [0.1, 0.15) is 35.1 Å². The molecule has 3 aliphatic heterocycles. The summed E-state index contributed by atoms with van der Waals surface area (Å²) >= 11 is 7.01. The third-order valence-corrected chi connectivity index (χ3v) is 15.5. The summed E-state index contributed by atoms with van der Waals surface area (Å²) in [5, 5.41) is 0.489. The van der Waals surface area contributed by atoms with Crippen LogP contribution in [0, 0.1) is 0 Å². The van der Waals surface area contributed by atoms with E-state index >= 15 is 0 Å². The number of rotatable bonds is 17. The fourth-order valence-corrected chi connectivity index (χ4v) is 9.67. The van der Waals surface area contributed by atoms with Crippen molar-refractivity contribution in [3.8, 4) is 28.4 Å². The molecule has 15 heteroatoms. The Morgan fingerprint density at radius 1 is 0.794 bits per heavy atom. The number of imidazole rings is 1. The highest BCUT2D eigenvalue weighted by Crippen LogP contribution is 2.36. The van der Waals surface area contributed by atoms with Gasteiger partial charge in [0.1, 0.15) is 25.7 Å². The molecule has 3 aliphatic rings. The first kappa shape index (κ1) is 45.6. The van der Waals surface area contributed by atoms with Crippen molar-refractivity contribution in [1.82, 2.24) is 19.4 Å². The minimum atomic E-state index is -1.31. The van der Waals surface area contributed by atoms with Crippen molar-refractivity contribution in [2.45, 2.75) is 102 Å². The number of hydrogen-bond donors (Lipinski definition) is 0. The smallest absolute Gasteiger partial charge is 0.301 e. The Kier molecular flexibility index (Phi) is 14.5. The fourth-order valence-electron chi connectivity index (χ4n) is 7.91. The quantitative estimate of drug-likeness (QED) is 0.0507. The summed E-state index contributed by atoms with van der Waals surface area (Å²) in [7, 11) is -2.45. The van der Waals surface area contributed by atoms with Crippen molar-refractivity contribution in [3.05, 3.63) is 101 Å². The maximum absolute atomic E-state index is 13.4. The number of fused-ring (bicyclic) bond motifs is 2. The molecular weight excluding hydrogens is 852 g/mol. The molecule has 0 spiro atoms. The van der Waals surface area contributed by atoms with Gasteiger partial charge in [0.2, 0.25) is 0 Å². The highest BCUT2D eigenvalue weighted by molar-refractivity contribution is 6.76. The maximum atomic E-state index is 13.4. The van der Waals surface area contributed by atoms with Crippen LogP contribution in [-0.2, 0) is 35.2 Å². The molecule has 8 rings (SSSR count). The zero-order valence-electron chi connectivity index (χ0n) is 37.4. The number of halogens is 1. The van der Waals surface area contributed by atoms with E-state index in [-0.39, 0.29) is 43.8 Å². The predicted octanol–water partition coefficient (Wildman–Crippen LogP) is 9.92. The van der Waals surface area contributed by atoms with E-state index in [0.717, 1.165) is 52.9 Å². The highest BCUT2D eigenvalue weighted by atomic mass is 35.5. The number of carbonyl (C=O) groups is 1. The second kappa shape index (κ2) is 20.0. The average Bonchev–Trinajstić information content (AvgIpc) is 3.88. The Bertz CT molecular complexity index is 2300. The van der Waals surface area contributed by atoms with E-state index in [1.165, 1.54) is 0 Å². The fraction of sp³-hybridized carbons (Fsp3) is 0.479. The van der Waals surface area contributed by atoms with Gasteiger partial charge in [-0.3, -0.25) is 9.36 Å². The summed E-state index contributed by atoms with van der Waals surface area (Å²) in [5.41, 5.74) is 6.33. The number of benzene rings is 3. The molecule has 0 saturated carbocycles. The van der Waals surface area contributed by atoms with Gasteiger partial charge >= 0.3 is 6.01 Å². The molecule has 5 atom stereocenters. The summed E-state index contributed by atoms with van der Waals surface area (Å²) in [5.74, 6) is 0.0129. The summed E-state index contributed by atoms with van der Waals surface area (Å²) in [6.07, 6.45) is 0.280. The molecule has 63 heavy (non-hydrogen) atoms. The molecule has 0 bridgehead atoms. The first-order chi connectivity index (χ1) is 30.3. The van der Waals surface area contributed by atoms with Crippen LogP contribution >= 0.6 is 11.6 Å². The monoisotopic (exact) mass is 912 g/mol. The largest absolute Gasteiger partial charge is 0.459 e. The van der Waals surface area contributed by atoms with Crippen LogP contribution in [0.2, 0.25) is 56.4 Å². The summed E-state index contributed by atoms with van der Waals surface area (Å²) in [6, 6.07) is 30.2. The molecular formula is C48H61ClN4O8Si2. The van der Waals surface area contributed by atoms with E-state index < -0.39 is 22.4 Å². The Morgan fingerprint density at radius 2 is 1.48 bits per heavy atom. The number of pyridine rings is 1. The normalized spacial score (nSPS) is 21.8. The van der Waals surface area contributed by atoms with Gasteiger partial charge in [0.15, 0.2) is 11.9 Å². The number of carbonyl (C=O) groups excluding carboxylic acids is 1. The van der Waals surface area contributed by atoms with Crippen molar-refractivity contribution in [1.29, 1.82) is 0 Å². The van der Waals surface area contributed by atoms with Gasteiger partial charge in [0.25, 0.3) is 5.91 Å². The van der Waals surface area contributed by atoms with Crippen molar-refractivity contribution >= 4 is 44.8 Å². The lowest BCUT2D eigenvalue weighted by atomic mass is 10.0. The SMILES string of the molecule is C[Si](C)(C)CCOCOC1CCN(C(=O)c2ccc(-c3ccc(-c4nc5nc(O[C@H]6CO[C@@H]7COC(c8ccccc8)O[C@H]7C6)n(COCC[Si](C)(C)C)c5cc4Cl)cc3)cc2)C1. The standard InChI is InChI=1S/C48H61ClN4O8Si2/c1-62(2,3)24-22-55-31-53-41-27-40(49)44(50-45(41)51-48(53)60-39-26-42-43(57-29-39)30-58-47(61-42)37-10-8-7-9-11-37)35-16-12-33(13-17-35)34-14-18-36(19-15-34)46(54)52-21-20-38(28-52)59-32-56-23-25-63(4,5)6/h7-19,27,38-39,42-43,47H,20-26,28-32H2,1-6H3/t38?,39-,42+,43-,47?/m1/s1. The second-order valence-electron chi connectivity index (χ2n) is 19.2. The summed E-state index contributed by atoms with van der Waals surface area (Å²) in [6.45, 7) is 17.9. The zero-order valence-corrected chi connectivity index (χ0v) is 40.1. The molecule has 0 radical (unpaired) electrons. The van der Waals surface area contributed by atoms with Gasteiger partial charge in [-0.25, -0.2) is 4.98 Å². The molecule has 0 aliphatic carbocycles. The van der Waals surface area contributed by atoms with Crippen LogP contribution in [-0.4, -0.2) is 112 Å². The minimum absolute atomic E-state index is 0.00537. The highest BCUT2D eigenvalue weighted by Gasteiger charge is 2.40. The molecule has 3 saturated heterocycles. The van der Waals surface area contributed by atoms with Gasteiger partial charge in [0.05, 0.1) is 41.7 Å². The van der Waals surface area contributed by atoms with Crippen LogP contribution in [0.3, 0.4) is 0 Å². The van der Waals surface area contributed by atoms with E-state index in [4.69, 9.17) is 54.7 Å². The number of aromatic nitrogens is 3. The van der Waals surface area contributed by atoms with Gasteiger partial charge in [-0.15, -0.1) is 0 Å². The average molecular weight is 914 g/mol. The molecule has 5 aromatic rings. The van der Waals surface area contributed by atoms with E-state index in [1.54, 1.807) is 0 Å². The summed E-state index contributed by atoms with van der Waals surface area (Å²) in [4.78, 5) is 25.1. The third kappa shape index (κ3) is 11.8. The molecule has 2 unspecified atom stereocenters. The van der Waals surface area contributed by atoms with Crippen LogP contribution in [0.15, 0.2) is 84.9 Å². The first-order valence-electron chi connectivity index (χ1n) is 22.2. The molecule has 3 fully saturated rings. The lowest BCUT2D eigenvalue weighted by molar-refractivity contribution is -0.286. The van der Waals surface area contributed by atoms with Crippen LogP contribution in [0.5, 0.6) is 6.01 Å². The van der Waals surface area contributed by atoms with E-state index in [9.17, 15) is 4.79 Å². The minimum Gasteiger partial charge on any atom is -0.459 e. The van der Waals surface area contributed by atoms with Crippen LogP contribution < -0.4 is 4.74 Å². The molecule has 5 heterocycles. The molecule has 2 aromatic heterocycles. The number of hydrogen-bond acceptors (Lipinski definition) is 10. The molecule has 0 N–H and O–H groups in total. The third-order valence-electron chi connectivity index (χ3n) is 11.8. The van der Waals surface area contributed by atoms with Gasteiger partial charge in [-0.05, 0) is 47.8 Å². The van der Waals surface area contributed by atoms with Gasteiger partial charge in [-0.1, -0.05) is 118 Å². The number of likely N-dealkylation sites (tertiary alicyclic amines) is 1. The molecule has 336 valence electrons. The number of amides is 1. The number of ether oxygens (including phenoxy) is 7. The van der Waals surface area contributed by atoms with Crippen molar-refractivity contribution in [3.63, 3.8) is 0 Å². The van der Waals surface area contributed by atoms with Crippen molar-refractivity contribution in [2.75, 3.05) is 46.3 Å². The Balaban J connectivity index is 0.929. The van der Waals surface area contributed by atoms with Gasteiger partial charge < -0.3 is 38.1 Å². The zero-order chi connectivity index (χ0) is 44.1. The lowest BCUT2D eigenvalue weighted by Gasteiger charge is -2.41. The van der Waals surface area contributed by atoms with Crippen molar-refractivity contribution < 1.29 is 38.0 Å². The number of nitrogens with zero attached hydrogens (tertiary/aromatic N) is 4. The second-order valence-corrected chi connectivity index (χ2v) is 30.9. The van der Waals surface area contributed by atoms with Crippen LogP contribution in [0.25, 0.3) is 33.5 Å². The lowest BCUT2D eigenvalue weighted by Crippen LogP contribution is -2.50. The van der Waals surface area contributed by atoms with E-state index in [0.29, 0.717) is 67.3 Å². The molecule has 1 amide bonds. The summed E-state index contributed by atoms with van der Waals surface area (Å²) < 4.78 is 45.0.